The van der Waals surface area contributed by atoms with Crippen molar-refractivity contribution in [3.63, 3.8) is 0 Å². The standard InChI is InChI=1S/C10H8O6S2.Na/c11-17(12,13)9-6-5-7-3-1-2-4-8(7)10(9)18(14,15)16;/h1-6H,(H,11,12,13)(H,14,15,16);/q;+1/p-1. The van der Waals surface area contributed by atoms with Crippen molar-refractivity contribution in [1.82, 2.24) is 0 Å². The fraction of sp³-hybridized carbons (Fsp3) is 0. The van der Waals surface area contributed by atoms with Crippen LogP contribution >= 0.6 is 0 Å². The predicted octanol–water partition coefficient (Wildman–Crippen LogP) is -2.01. The van der Waals surface area contributed by atoms with Crippen LogP contribution in [0.1, 0.15) is 0 Å². The fourth-order valence-corrected chi connectivity index (χ4v) is 3.67. The van der Waals surface area contributed by atoms with E-state index in [-0.39, 0.29) is 34.9 Å². The molecule has 0 unspecified atom stereocenters. The number of hydrogen-bond acceptors (Lipinski definition) is 5. The monoisotopic (exact) mass is 310 g/mol. The Bertz CT molecular complexity index is 826. The largest absolute Gasteiger partial charge is 1.00 e. The second-order valence-corrected chi connectivity index (χ2v) is 6.25. The average molecular weight is 310 g/mol. The van der Waals surface area contributed by atoms with Gasteiger partial charge in [-0.25, -0.2) is 8.42 Å². The van der Waals surface area contributed by atoms with Gasteiger partial charge in [0, 0.05) is 5.39 Å². The first-order valence-corrected chi connectivity index (χ1v) is 7.51. The molecule has 0 aromatic heterocycles. The van der Waals surface area contributed by atoms with Gasteiger partial charge in [0.1, 0.15) is 15.0 Å². The SMILES string of the molecule is O=S(=O)([O-])c1ccc2ccccc2c1S(=O)(=O)O.[Na+]. The second-order valence-electron chi connectivity index (χ2n) is 3.54. The van der Waals surface area contributed by atoms with Crippen LogP contribution in [0.2, 0.25) is 0 Å². The van der Waals surface area contributed by atoms with Crippen molar-refractivity contribution in [2.45, 2.75) is 9.79 Å². The van der Waals surface area contributed by atoms with Gasteiger partial charge >= 0.3 is 29.6 Å². The number of benzene rings is 2. The molecule has 2 rings (SSSR count). The summed E-state index contributed by atoms with van der Waals surface area (Å²) in [6.45, 7) is 0. The van der Waals surface area contributed by atoms with Gasteiger partial charge in [0.05, 0.1) is 4.90 Å². The van der Waals surface area contributed by atoms with Gasteiger partial charge in [-0.15, -0.1) is 0 Å². The molecular formula is C10H7NaO6S2. The molecule has 0 aliphatic carbocycles. The van der Waals surface area contributed by atoms with E-state index in [1.807, 2.05) is 0 Å². The zero-order chi connectivity index (χ0) is 13.6. The van der Waals surface area contributed by atoms with Crippen molar-refractivity contribution in [3.8, 4) is 0 Å². The van der Waals surface area contributed by atoms with E-state index in [9.17, 15) is 21.4 Å². The topological polar surface area (TPSA) is 112 Å². The first-order chi connectivity index (χ1) is 8.21. The summed E-state index contributed by atoms with van der Waals surface area (Å²) in [7, 11) is -9.82. The molecule has 9 heteroatoms. The van der Waals surface area contributed by atoms with Crippen molar-refractivity contribution in [3.05, 3.63) is 36.4 Å². The molecule has 19 heavy (non-hydrogen) atoms. The Balaban J connectivity index is 0.00000180. The third-order valence-corrected chi connectivity index (χ3v) is 4.33. The second kappa shape index (κ2) is 5.49. The van der Waals surface area contributed by atoms with Gasteiger partial charge in [0.15, 0.2) is 0 Å². The molecule has 96 valence electrons. The van der Waals surface area contributed by atoms with Crippen LogP contribution in [0, 0.1) is 0 Å². The molecule has 2 aromatic rings. The number of rotatable bonds is 2. The summed E-state index contributed by atoms with van der Waals surface area (Å²) < 4.78 is 64.7. The first kappa shape index (κ1) is 16.6. The predicted molar refractivity (Wildman–Crippen MR) is 61.7 cm³/mol. The molecule has 0 heterocycles. The maximum atomic E-state index is 11.3. The van der Waals surface area contributed by atoms with Gasteiger partial charge in [0.25, 0.3) is 10.1 Å². The normalized spacial score (nSPS) is 12.1. The number of fused-ring (bicyclic) bond motifs is 1. The Hall–Kier alpha value is -0.480. The Morgan fingerprint density at radius 2 is 1.53 bits per heavy atom. The summed E-state index contributed by atoms with van der Waals surface area (Å²) in [6, 6.07) is 8.10. The van der Waals surface area contributed by atoms with Crippen molar-refractivity contribution >= 4 is 31.0 Å². The molecule has 0 saturated carbocycles. The molecule has 2 aromatic carbocycles. The summed E-state index contributed by atoms with van der Waals surface area (Å²) in [5, 5.41) is 0.384. The molecule has 0 atom stereocenters. The van der Waals surface area contributed by atoms with Crippen molar-refractivity contribution in [2.24, 2.45) is 0 Å². The summed E-state index contributed by atoms with van der Waals surface area (Å²) in [5.41, 5.74) is 0. The Morgan fingerprint density at radius 3 is 2.05 bits per heavy atom. The van der Waals surface area contributed by atoms with Crippen LogP contribution in [0.25, 0.3) is 10.8 Å². The third kappa shape index (κ3) is 3.34. The van der Waals surface area contributed by atoms with E-state index >= 15 is 0 Å². The third-order valence-electron chi connectivity index (χ3n) is 2.37. The molecule has 0 aliphatic rings. The van der Waals surface area contributed by atoms with E-state index in [1.54, 1.807) is 6.07 Å². The first-order valence-electron chi connectivity index (χ1n) is 4.66. The minimum atomic E-state index is -5.00. The zero-order valence-electron chi connectivity index (χ0n) is 9.77. The Labute approximate surface area is 132 Å². The van der Waals surface area contributed by atoms with Crippen LogP contribution in [0.3, 0.4) is 0 Å². The molecule has 0 fully saturated rings. The van der Waals surface area contributed by atoms with Gasteiger partial charge in [-0.2, -0.15) is 8.42 Å². The van der Waals surface area contributed by atoms with Crippen LogP contribution < -0.4 is 29.6 Å². The molecule has 0 saturated heterocycles. The molecule has 0 spiro atoms. The average Bonchev–Trinajstić information content (AvgIpc) is 2.24. The fourth-order valence-electron chi connectivity index (χ4n) is 1.69. The van der Waals surface area contributed by atoms with E-state index < -0.39 is 30.0 Å². The van der Waals surface area contributed by atoms with Gasteiger partial charge in [-0.3, -0.25) is 4.55 Å². The summed E-state index contributed by atoms with van der Waals surface area (Å²) in [6.07, 6.45) is 0. The molecule has 1 N–H and O–H groups in total. The minimum absolute atomic E-state index is 0. The summed E-state index contributed by atoms with van der Waals surface area (Å²) >= 11 is 0. The van der Waals surface area contributed by atoms with Gasteiger partial charge in [0.2, 0.25) is 0 Å². The quantitative estimate of drug-likeness (QED) is 0.507. The van der Waals surface area contributed by atoms with Gasteiger partial charge < -0.3 is 4.55 Å². The minimum Gasteiger partial charge on any atom is -0.744 e. The molecular weight excluding hydrogens is 303 g/mol. The van der Waals surface area contributed by atoms with E-state index in [0.717, 1.165) is 6.07 Å². The van der Waals surface area contributed by atoms with Crippen LogP contribution in [0.15, 0.2) is 46.2 Å². The van der Waals surface area contributed by atoms with Gasteiger partial charge in [-0.05, 0) is 11.5 Å². The molecule has 6 nitrogen and oxygen atoms in total. The van der Waals surface area contributed by atoms with E-state index in [1.165, 1.54) is 24.3 Å². The summed E-state index contributed by atoms with van der Waals surface area (Å²) in [5.74, 6) is 0. The smallest absolute Gasteiger partial charge is 0.744 e. The summed E-state index contributed by atoms with van der Waals surface area (Å²) in [4.78, 5) is -1.83. The van der Waals surface area contributed by atoms with E-state index in [4.69, 9.17) is 4.55 Å². The maximum absolute atomic E-state index is 11.3. The van der Waals surface area contributed by atoms with E-state index in [0.29, 0.717) is 5.39 Å². The van der Waals surface area contributed by atoms with Crippen LogP contribution in [-0.4, -0.2) is 25.9 Å². The Kier molecular flexibility index (Phi) is 4.79. The molecule has 0 radical (unpaired) electrons. The maximum Gasteiger partial charge on any atom is 1.00 e. The van der Waals surface area contributed by atoms with Crippen LogP contribution in [-0.2, 0) is 20.2 Å². The zero-order valence-corrected chi connectivity index (χ0v) is 13.4. The van der Waals surface area contributed by atoms with Gasteiger partial charge in [-0.1, -0.05) is 30.3 Å². The molecule has 0 amide bonds. The van der Waals surface area contributed by atoms with Crippen LogP contribution in [0.4, 0.5) is 0 Å². The van der Waals surface area contributed by atoms with Crippen molar-refractivity contribution in [2.75, 3.05) is 0 Å². The van der Waals surface area contributed by atoms with Crippen molar-refractivity contribution in [1.29, 1.82) is 0 Å². The van der Waals surface area contributed by atoms with Crippen molar-refractivity contribution < 1.29 is 55.5 Å². The molecule has 0 bridgehead atoms. The molecule has 0 aliphatic heterocycles. The number of hydrogen-bond donors (Lipinski definition) is 1. The Morgan fingerprint density at radius 1 is 0.947 bits per heavy atom. The van der Waals surface area contributed by atoms with Crippen LogP contribution in [0.5, 0.6) is 0 Å². The van der Waals surface area contributed by atoms with E-state index in [2.05, 4.69) is 0 Å².